The molecule has 1 atom stereocenters. The van der Waals surface area contributed by atoms with Crippen molar-refractivity contribution < 1.29 is 0 Å². The highest BCUT2D eigenvalue weighted by Crippen LogP contribution is 2.30. The molecule has 1 unspecified atom stereocenters. The molecule has 1 aliphatic rings. The van der Waals surface area contributed by atoms with Crippen LogP contribution in [0.15, 0.2) is 30.6 Å². The van der Waals surface area contributed by atoms with Gasteiger partial charge >= 0.3 is 0 Å². The molecule has 0 saturated carbocycles. The maximum atomic E-state index is 6.28. The number of hydrogen-bond acceptors (Lipinski definition) is 1. The van der Waals surface area contributed by atoms with Crippen LogP contribution in [0.2, 0.25) is 10.0 Å². The van der Waals surface area contributed by atoms with Gasteiger partial charge in [-0.3, -0.25) is 0 Å². The SMILES string of the molecule is CNC1CCCCc2cn(Cc3ccc(Cl)cc3Cl)cc21. The predicted octanol–water partition coefficient (Wildman–Crippen LogP) is 4.83. The van der Waals surface area contributed by atoms with Crippen molar-refractivity contribution in [3.05, 3.63) is 57.3 Å². The number of hydrogen-bond donors (Lipinski definition) is 1. The minimum absolute atomic E-state index is 0.476. The molecule has 0 radical (unpaired) electrons. The Morgan fingerprint density at radius 1 is 1.24 bits per heavy atom. The monoisotopic (exact) mass is 322 g/mol. The minimum Gasteiger partial charge on any atom is -0.349 e. The van der Waals surface area contributed by atoms with Gasteiger partial charge < -0.3 is 9.88 Å². The van der Waals surface area contributed by atoms with Gasteiger partial charge in [0, 0.05) is 35.0 Å². The summed E-state index contributed by atoms with van der Waals surface area (Å²) in [5.74, 6) is 0. The average molecular weight is 323 g/mol. The Morgan fingerprint density at radius 3 is 2.86 bits per heavy atom. The fourth-order valence-electron chi connectivity index (χ4n) is 3.15. The number of rotatable bonds is 3. The lowest BCUT2D eigenvalue weighted by atomic mass is 10.1. The van der Waals surface area contributed by atoms with Crippen LogP contribution in [0.5, 0.6) is 0 Å². The first-order valence-electron chi connectivity index (χ1n) is 7.47. The van der Waals surface area contributed by atoms with Gasteiger partial charge in [0.1, 0.15) is 0 Å². The number of halogens is 2. The van der Waals surface area contributed by atoms with E-state index >= 15 is 0 Å². The molecule has 21 heavy (non-hydrogen) atoms. The quantitative estimate of drug-likeness (QED) is 0.801. The minimum atomic E-state index is 0.476. The standard InChI is InChI=1S/C17H20Cl2N2/c1-20-17-5-3-2-4-12-9-21(11-15(12)17)10-13-6-7-14(18)8-16(13)19/h6-9,11,17,20H,2-5,10H2,1H3. The number of benzene rings is 1. The third-order valence-electron chi connectivity index (χ3n) is 4.28. The second-order valence-corrected chi connectivity index (χ2v) is 6.58. The second-order valence-electron chi connectivity index (χ2n) is 5.73. The molecule has 4 heteroatoms. The molecule has 1 aromatic heterocycles. The third-order valence-corrected chi connectivity index (χ3v) is 4.87. The Morgan fingerprint density at radius 2 is 2.10 bits per heavy atom. The summed E-state index contributed by atoms with van der Waals surface area (Å²) < 4.78 is 2.25. The number of nitrogens with one attached hydrogen (secondary N) is 1. The van der Waals surface area contributed by atoms with Gasteiger partial charge in [0.25, 0.3) is 0 Å². The highest BCUT2D eigenvalue weighted by Gasteiger charge is 2.19. The van der Waals surface area contributed by atoms with Crippen LogP contribution in [-0.4, -0.2) is 11.6 Å². The van der Waals surface area contributed by atoms with Crippen molar-refractivity contribution in [1.82, 2.24) is 9.88 Å². The van der Waals surface area contributed by atoms with Gasteiger partial charge in [0.05, 0.1) is 0 Å². The maximum Gasteiger partial charge on any atom is 0.0485 e. The highest BCUT2D eigenvalue weighted by molar-refractivity contribution is 6.35. The Balaban J connectivity index is 1.87. The molecule has 0 fully saturated rings. The molecular weight excluding hydrogens is 303 g/mol. The van der Waals surface area contributed by atoms with Gasteiger partial charge in [-0.2, -0.15) is 0 Å². The fourth-order valence-corrected chi connectivity index (χ4v) is 3.62. The van der Waals surface area contributed by atoms with Crippen LogP contribution < -0.4 is 5.32 Å². The summed E-state index contributed by atoms with van der Waals surface area (Å²) in [7, 11) is 2.05. The second kappa shape index (κ2) is 6.43. The summed E-state index contributed by atoms with van der Waals surface area (Å²) in [4.78, 5) is 0. The van der Waals surface area contributed by atoms with E-state index in [0.29, 0.717) is 11.1 Å². The summed E-state index contributed by atoms with van der Waals surface area (Å²) in [5, 5.41) is 4.85. The molecule has 0 bridgehead atoms. The van der Waals surface area contributed by atoms with Crippen LogP contribution in [0.1, 0.15) is 42.0 Å². The average Bonchev–Trinajstić information content (AvgIpc) is 2.75. The first-order valence-corrected chi connectivity index (χ1v) is 8.22. The molecule has 112 valence electrons. The van der Waals surface area contributed by atoms with Gasteiger partial charge in [-0.15, -0.1) is 0 Å². The van der Waals surface area contributed by atoms with Crippen molar-refractivity contribution in [2.24, 2.45) is 0 Å². The lowest BCUT2D eigenvalue weighted by Gasteiger charge is -2.13. The van der Waals surface area contributed by atoms with E-state index in [2.05, 4.69) is 22.3 Å². The fraction of sp³-hybridized carbons (Fsp3) is 0.412. The van der Waals surface area contributed by atoms with Gasteiger partial charge in [-0.25, -0.2) is 0 Å². The van der Waals surface area contributed by atoms with E-state index in [1.54, 1.807) is 0 Å². The molecule has 0 amide bonds. The largest absolute Gasteiger partial charge is 0.349 e. The van der Waals surface area contributed by atoms with Crippen LogP contribution in [0.25, 0.3) is 0 Å². The maximum absolute atomic E-state index is 6.28. The van der Waals surface area contributed by atoms with Crippen molar-refractivity contribution in [3.63, 3.8) is 0 Å². The van der Waals surface area contributed by atoms with Gasteiger partial charge in [0.15, 0.2) is 0 Å². The molecular formula is C17H20Cl2N2. The molecule has 3 rings (SSSR count). The summed E-state index contributed by atoms with van der Waals surface area (Å²) >= 11 is 12.2. The number of fused-ring (bicyclic) bond motifs is 1. The van der Waals surface area contributed by atoms with Crippen LogP contribution in [-0.2, 0) is 13.0 Å². The highest BCUT2D eigenvalue weighted by atomic mass is 35.5. The van der Waals surface area contributed by atoms with E-state index in [9.17, 15) is 0 Å². The normalized spacial score (nSPS) is 18.3. The van der Waals surface area contributed by atoms with Crippen molar-refractivity contribution in [2.75, 3.05) is 7.05 Å². The molecule has 1 N–H and O–H groups in total. The molecule has 0 aliphatic heterocycles. The van der Waals surface area contributed by atoms with E-state index in [-0.39, 0.29) is 0 Å². The molecule has 1 heterocycles. The smallest absolute Gasteiger partial charge is 0.0485 e. The third kappa shape index (κ3) is 3.28. The Kier molecular flexibility index (Phi) is 4.58. The van der Waals surface area contributed by atoms with Gasteiger partial charge in [-0.05, 0) is 55.1 Å². The van der Waals surface area contributed by atoms with Crippen LogP contribution in [0, 0.1) is 0 Å². The molecule has 0 saturated heterocycles. The summed E-state index contributed by atoms with van der Waals surface area (Å²) in [6.07, 6.45) is 9.51. The first-order chi connectivity index (χ1) is 10.2. The number of aryl methyl sites for hydroxylation is 1. The van der Waals surface area contributed by atoms with E-state index < -0.39 is 0 Å². The zero-order valence-corrected chi connectivity index (χ0v) is 13.7. The van der Waals surface area contributed by atoms with Crippen LogP contribution in [0.3, 0.4) is 0 Å². The van der Waals surface area contributed by atoms with Crippen LogP contribution >= 0.6 is 23.2 Å². The first kappa shape index (κ1) is 15.0. The van der Waals surface area contributed by atoms with Gasteiger partial charge in [-0.1, -0.05) is 35.7 Å². The zero-order valence-electron chi connectivity index (χ0n) is 12.2. The summed E-state index contributed by atoms with van der Waals surface area (Å²) in [5.41, 5.74) is 4.02. The lowest BCUT2D eigenvalue weighted by Crippen LogP contribution is -2.15. The molecule has 2 nitrogen and oxygen atoms in total. The topological polar surface area (TPSA) is 17.0 Å². The van der Waals surface area contributed by atoms with Crippen molar-refractivity contribution >= 4 is 23.2 Å². The predicted molar refractivity (Wildman–Crippen MR) is 89.4 cm³/mol. The van der Waals surface area contributed by atoms with E-state index in [1.807, 2.05) is 25.2 Å². The zero-order chi connectivity index (χ0) is 14.8. The summed E-state index contributed by atoms with van der Waals surface area (Å²) in [6, 6.07) is 6.19. The number of nitrogens with zero attached hydrogens (tertiary/aromatic N) is 1. The van der Waals surface area contributed by atoms with E-state index in [1.165, 1.54) is 36.8 Å². The summed E-state index contributed by atoms with van der Waals surface area (Å²) in [6.45, 7) is 0.791. The Hall–Kier alpha value is -0.960. The molecule has 1 aromatic carbocycles. The van der Waals surface area contributed by atoms with Crippen molar-refractivity contribution in [1.29, 1.82) is 0 Å². The van der Waals surface area contributed by atoms with Crippen molar-refractivity contribution in [2.45, 2.75) is 38.3 Å². The number of aromatic nitrogens is 1. The Bertz CT molecular complexity index is 634. The van der Waals surface area contributed by atoms with Crippen LogP contribution in [0.4, 0.5) is 0 Å². The van der Waals surface area contributed by atoms with Gasteiger partial charge in [0.2, 0.25) is 0 Å². The molecule has 0 spiro atoms. The Labute approximate surface area is 136 Å². The molecule has 1 aliphatic carbocycles. The molecule has 2 aromatic rings. The van der Waals surface area contributed by atoms with E-state index in [0.717, 1.165) is 17.1 Å². The van der Waals surface area contributed by atoms with E-state index in [4.69, 9.17) is 23.2 Å². The van der Waals surface area contributed by atoms with Crippen molar-refractivity contribution in [3.8, 4) is 0 Å². The lowest BCUT2D eigenvalue weighted by molar-refractivity contribution is 0.531.